The van der Waals surface area contributed by atoms with E-state index in [1.165, 1.54) is 0 Å². The van der Waals surface area contributed by atoms with Crippen LogP contribution in [0.4, 0.5) is 11.8 Å². The van der Waals surface area contributed by atoms with Gasteiger partial charge in [0.15, 0.2) is 11.0 Å². The molecule has 1 aromatic rings. The third-order valence-electron chi connectivity index (χ3n) is 3.88. The fourth-order valence-corrected chi connectivity index (χ4v) is 2.54. The molecule has 2 heterocycles. The molecular formula is C15H25ClN6O4. The first kappa shape index (κ1) is 20.6. The second-order valence-electron chi connectivity index (χ2n) is 5.77. The number of carbonyl (C=O) groups is 1. The number of methoxy groups -OCH3 is 1. The number of piperidine rings is 1. The summed E-state index contributed by atoms with van der Waals surface area (Å²) in [7, 11) is 1.62. The predicted octanol–water partition coefficient (Wildman–Crippen LogP) is 0.190. The van der Waals surface area contributed by atoms with Crippen molar-refractivity contribution in [3.63, 3.8) is 0 Å². The minimum Gasteiger partial charge on any atom is -0.382 e. The van der Waals surface area contributed by atoms with Crippen LogP contribution in [0.5, 0.6) is 0 Å². The van der Waals surface area contributed by atoms with Crippen LogP contribution in [-0.2, 0) is 19.0 Å². The highest BCUT2D eigenvalue weighted by Crippen LogP contribution is 2.17. The Labute approximate surface area is 157 Å². The molecule has 11 heteroatoms. The van der Waals surface area contributed by atoms with Crippen molar-refractivity contribution < 1.29 is 19.0 Å². The molecule has 26 heavy (non-hydrogen) atoms. The number of nitrogens with two attached hydrogens (primary N) is 1. The first-order valence-corrected chi connectivity index (χ1v) is 8.82. The molecule has 3 N–H and O–H groups in total. The molecular weight excluding hydrogens is 364 g/mol. The Kier molecular flexibility index (Phi) is 8.75. The van der Waals surface area contributed by atoms with Crippen molar-refractivity contribution in [3.8, 4) is 0 Å². The van der Waals surface area contributed by atoms with Crippen molar-refractivity contribution in [1.82, 2.24) is 20.1 Å². The number of hydrogen-bond acceptors (Lipinski definition) is 9. The number of hydrogen-bond donors (Lipinski definition) is 2. The molecule has 1 fully saturated rings. The number of ether oxygens (including phenoxy) is 3. The van der Waals surface area contributed by atoms with Gasteiger partial charge in [0.2, 0.25) is 11.9 Å². The Morgan fingerprint density at radius 2 is 1.92 bits per heavy atom. The van der Waals surface area contributed by atoms with Gasteiger partial charge in [-0.25, -0.2) is 0 Å². The van der Waals surface area contributed by atoms with E-state index in [0.29, 0.717) is 45.5 Å². The highest BCUT2D eigenvalue weighted by atomic mass is 35.5. The van der Waals surface area contributed by atoms with Crippen LogP contribution in [0.3, 0.4) is 0 Å². The van der Waals surface area contributed by atoms with Gasteiger partial charge in [-0.3, -0.25) is 4.79 Å². The van der Waals surface area contributed by atoms with Gasteiger partial charge in [0.1, 0.15) is 6.61 Å². The zero-order valence-electron chi connectivity index (χ0n) is 14.8. The quantitative estimate of drug-likeness (QED) is 0.540. The highest BCUT2D eigenvalue weighted by Gasteiger charge is 2.23. The maximum Gasteiger partial charge on any atom is 0.248 e. The molecule has 10 nitrogen and oxygen atoms in total. The van der Waals surface area contributed by atoms with Crippen molar-refractivity contribution in [1.29, 1.82) is 0 Å². The van der Waals surface area contributed by atoms with Crippen molar-refractivity contribution in [2.75, 3.05) is 64.3 Å². The predicted molar refractivity (Wildman–Crippen MR) is 96.0 cm³/mol. The minimum absolute atomic E-state index is 0.0194. The van der Waals surface area contributed by atoms with Gasteiger partial charge in [-0.05, 0) is 12.8 Å². The first-order valence-electron chi connectivity index (χ1n) is 8.44. The van der Waals surface area contributed by atoms with Gasteiger partial charge >= 0.3 is 0 Å². The van der Waals surface area contributed by atoms with E-state index in [0.717, 1.165) is 12.8 Å². The summed E-state index contributed by atoms with van der Waals surface area (Å²) in [6, 6.07) is 0.150. The average Bonchev–Trinajstić information content (AvgIpc) is 2.64. The lowest BCUT2D eigenvalue weighted by Gasteiger charge is -2.32. The summed E-state index contributed by atoms with van der Waals surface area (Å²) in [5.74, 6) is 0.461. The van der Waals surface area contributed by atoms with Gasteiger partial charge < -0.3 is 30.2 Å². The SMILES string of the molecule is COCCOCCOCC(=O)N1CCC(Nc2nnc(Cl)c(N)n2)CC1. The molecule has 0 saturated carbocycles. The number of aromatic nitrogens is 3. The van der Waals surface area contributed by atoms with Crippen LogP contribution in [0.2, 0.25) is 5.15 Å². The minimum atomic E-state index is -0.0194. The van der Waals surface area contributed by atoms with Gasteiger partial charge in [-0.1, -0.05) is 11.6 Å². The molecule has 0 aromatic carbocycles. The molecule has 0 atom stereocenters. The van der Waals surface area contributed by atoms with E-state index in [2.05, 4.69) is 20.5 Å². The van der Waals surface area contributed by atoms with E-state index in [4.69, 9.17) is 31.5 Å². The second-order valence-corrected chi connectivity index (χ2v) is 6.13. The van der Waals surface area contributed by atoms with Crippen molar-refractivity contribution in [2.24, 2.45) is 0 Å². The lowest BCUT2D eigenvalue weighted by atomic mass is 10.1. The number of carbonyl (C=O) groups excluding carboxylic acids is 1. The lowest BCUT2D eigenvalue weighted by molar-refractivity contribution is -0.137. The van der Waals surface area contributed by atoms with Crippen molar-refractivity contribution >= 4 is 29.3 Å². The fourth-order valence-electron chi connectivity index (χ4n) is 2.45. The molecule has 1 aliphatic rings. The molecule has 0 aliphatic carbocycles. The van der Waals surface area contributed by atoms with E-state index < -0.39 is 0 Å². The standard InChI is InChI=1S/C15H25ClN6O4/c1-24-6-7-25-8-9-26-10-12(23)22-4-2-11(3-5-22)18-15-19-14(17)13(16)20-21-15/h11H,2-10H2,1H3,(H3,17,18,19,21). The van der Waals surface area contributed by atoms with Gasteiger partial charge in [-0.15, -0.1) is 10.2 Å². The summed E-state index contributed by atoms with van der Waals surface area (Å²) < 4.78 is 15.5. The second kappa shape index (κ2) is 11.1. The zero-order valence-corrected chi connectivity index (χ0v) is 15.6. The number of halogens is 1. The summed E-state index contributed by atoms with van der Waals surface area (Å²) >= 11 is 5.70. The molecule has 0 bridgehead atoms. The van der Waals surface area contributed by atoms with E-state index in [1.54, 1.807) is 12.0 Å². The molecule has 1 aliphatic heterocycles. The smallest absolute Gasteiger partial charge is 0.248 e. The van der Waals surface area contributed by atoms with Gasteiger partial charge in [0.05, 0.1) is 26.4 Å². The van der Waals surface area contributed by atoms with Gasteiger partial charge in [0, 0.05) is 26.2 Å². The topological polar surface area (TPSA) is 125 Å². The summed E-state index contributed by atoms with van der Waals surface area (Å²) in [5, 5.41) is 10.8. The molecule has 1 amide bonds. The van der Waals surface area contributed by atoms with Crippen molar-refractivity contribution in [2.45, 2.75) is 18.9 Å². The summed E-state index contributed by atoms with van der Waals surface area (Å²) in [5.41, 5.74) is 5.61. The molecule has 0 unspecified atom stereocenters. The van der Waals surface area contributed by atoms with Crippen LogP contribution < -0.4 is 11.1 Å². The number of nitrogens with zero attached hydrogens (tertiary/aromatic N) is 4. The third kappa shape index (κ3) is 6.87. The van der Waals surface area contributed by atoms with Crippen LogP contribution >= 0.6 is 11.6 Å². The first-order chi connectivity index (χ1) is 12.6. The average molecular weight is 389 g/mol. The van der Waals surface area contributed by atoms with Crippen molar-refractivity contribution in [3.05, 3.63) is 5.15 Å². The fraction of sp³-hybridized carbons (Fsp3) is 0.733. The number of anilines is 2. The summed E-state index contributed by atoms with van der Waals surface area (Å²) in [4.78, 5) is 18.0. The van der Waals surface area contributed by atoms with Gasteiger partial charge in [0.25, 0.3) is 0 Å². The number of rotatable bonds is 10. The molecule has 0 radical (unpaired) electrons. The normalized spacial score (nSPS) is 15.2. The van der Waals surface area contributed by atoms with E-state index in [1.807, 2.05) is 0 Å². The Morgan fingerprint density at radius 3 is 2.62 bits per heavy atom. The van der Waals surface area contributed by atoms with Crippen LogP contribution in [0, 0.1) is 0 Å². The van der Waals surface area contributed by atoms with Crippen LogP contribution in [0.1, 0.15) is 12.8 Å². The van der Waals surface area contributed by atoms with Crippen LogP contribution in [-0.4, -0.2) is 85.3 Å². The molecule has 0 spiro atoms. The largest absolute Gasteiger partial charge is 0.382 e. The summed E-state index contributed by atoms with van der Waals surface area (Å²) in [6.07, 6.45) is 1.55. The Morgan fingerprint density at radius 1 is 1.23 bits per heavy atom. The zero-order chi connectivity index (χ0) is 18.8. The maximum absolute atomic E-state index is 12.1. The van der Waals surface area contributed by atoms with E-state index >= 15 is 0 Å². The number of nitrogen functional groups attached to an aromatic ring is 1. The number of likely N-dealkylation sites (tertiary alicyclic amines) is 1. The van der Waals surface area contributed by atoms with Gasteiger partial charge in [-0.2, -0.15) is 4.98 Å². The Bertz CT molecular complexity index is 571. The Balaban J connectivity index is 1.61. The summed E-state index contributed by atoms with van der Waals surface area (Å²) in [6.45, 7) is 3.24. The monoisotopic (exact) mass is 388 g/mol. The highest BCUT2D eigenvalue weighted by molar-refractivity contribution is 6.31. The molecule has 146 valence electrons. The van der Waals surface area contributed by atoms with Crippen LogP contribution in [0.15, 0.2) is 0 Å². The Hall–Kier alpha value is -1.75. The van der Waals surface area contributed by atoms with Crippen LogP contribution in [0.25, 0.3) is 0 Å². The number of amides is 1. The lowest BCUT2D eigenvalue weighted by Crippen LogP contribution is -2.44. The maximum atomic E-state index is 12.1. The third-order valence-corrected chi connectivity index (χ3v) is 4.15. The molecule has 1 saturated heterocycles. The van der Waals surface area contributed by atoms with E-state index in [-0.39, 0.29) is 29.5 Å². The van der Waals surface area contributed by atoms with E-state index in [9.17, 15) is 4.79 Å². The number of nitrogens with one attached hydrogen (secondary N) is 1. The molecule has 1 aromatic heterocycles. The molecule has 2 rings (SSSR count).